The van der Waals surface area contributed by atoms with Gasteiger partial charge in [-0.3, -0.25) is 4.72 Å². The number of nitrogens with zero attached hydrogens (tertiary/aromatic N) is 1. The molecule has 1 aliphatic rings. The van der Waals surface area contributed by atoms with Gasteiger partial charge in [0.1, 0.15) is 23.2 Å². The Balaban J connectivity index is 2.74. The third-order valence-electron chi connectivity index (χ3n) is 4.25. The van der Waals surface area contributed by atoms with E-state index in [0.717, 1.165) is 12.1 Å². The summed E-state index contributed by atoms with van der Waals surface area (Å²) in [6.07, 6.45) is 0.276. The largest absolute Gasteiger partial charge is 0.463 e. The number of carbonyl (C=O) groups excluding carboxylic acids is 1. The second-order valence-electron chi connectivity index (χ2n) is 6.36. The molecule has 0 amide bonds. The van der Waals surface area contributed by atoms with Crippen molar-refractivity contribution in [2.24, 2.45) is 5.73 Å². The number of ether oxygens (including phenoxy) is 2. The molecule has 0 fully saturated rings. The minimum absolute atomic E-state index is 0.0365. The van der Waals surface area contributed by atoms with Gasteiger partial charge in [-0.25, -0.2) is 22.0 Å². The fraction of sp³-hybridized carbons (Fsp3) is 0.368. The number of nitrogens with two attached hydrogens (primary N) is 1. The molecular formula is C19H21F2N3O5S. The first-order chi connectivity index (χ1) is 14.1. The van der Waals surface area contributed by atoms with Crippen LogP contribution in [-0.4, -0.2) is 26.7 Å². The van der Waals surface area contributed by atoms with Crippen LogP contribution in [0.1, 0.15) is 38.7 Å². The number of carbonyl (C=O) groups is 1. The van der Waals surface area contributed by atoms with Gasteiger partial charge in [0, 0.05) is 5.56 Å². The summed E-state index contributed by atoms with van der Waals surface area (Å²) in [5, 5.41) is 9.52. The highest BCUT2D eigenvalue weighted by Crippen LogP contribution is 2.42. The normalized spacial score (nSPS) is 16.7. The lowest BCUT2D eigenvalue weighted by molar-refractivity contribution is -0.139. The fourth-order valence-corrected chi connectivity index (χ4v) is 4.18. The standard InChI is InChI=1S/C19H21F2N3O5S/c1-4-8-30(26,27)24-13-7-6-12(20)16(17(13)21)15-11(9-22)18(23)29-10(3)14(15)19(25)28-5-2/h6-7,15,24H,4-5,8,23H2,1-3H3. The number of hydrogen-bond acceptors (Lipinski definition) is 7. The predicted molar refractivity (Wildman–Crippen MR) is 104 cm³/mol. The molecule has 1 aromatic rings. The van der Waals surface area contributed by atoms with Gasteiger partial charge < -0.3 is 15.2 Å². The molecule has 3 N–H and O–H groups in total. The van der Waals surface area contributed by atoms with Crippen molar-refractivity contribution >= 4 is 21.7 Å². The molecule has 1 heterocycles. The van der Waals surface area contributed by atoms with Crippen molar-refractivity contribution in [2.75, 3.05) is 17.1 Å². The van der Waals surface area contributed by atoms with E-state index < -0.39 is 56.3 Å². The molecule has 1 atom stereocenters. The summed E-state index contributed by atoms with van der Waals surface area (Å²) in [5.74, 6) is -5.71. The molecule has 1 aromatic carbocycles. The molecule has 162 valence electrons. The minimum atomic E-state index is -3.89. The molecule has 1 aliphatic heterocycles. The summed E-state index contributed by atoms with van der Waals surface area (Å²) in [6.45, 7) is 4.46. The lowest BCUT2D eigenvalue weighted by Crippen LogP contribution is -2.27. The van der Waals surface area contributed by atoms with E-state index in [2.05, 4.69) is 4.72 Å². The zero-order valence-corrected chi connectivity index (χ0v) is 17.4. The molecular weight excluding hydrogens is 420 g/mol. The van der Waals surface area contributed by atoms with Gasteiger partial charge in [0.15, 0.2) is 5.82 Å². The summed E-state index contributed by atoms with van der Waals surface area (Å²) >= 11 is 0. The topological polar surface area (TPSA) is 132 Å². The number of benzene rings is 1. The molecule has 1 unspecified atom stereocenters. The average molecular weight is 441 g/mol. The van der Waals surface area contributed by atoms with Crippen LogP contribution >= 0.6 is 0 Å². The number of nitrogens with one attached hydrogen (secondary N) is 1. The van der Waals surface area contributed by atoms with Crippen LogP contribution in [0.5, 0.6) is 0 Å². The molecule has 0 radical (unpaired) electrons. The van der Waals surface area contributed by atoms with Crippen molar-refractivity contribution in [3.8, 4) is 6.07 Å². The number of nitriles is 1. The molecule has 8 nitrogen and oxygen atoms in total. The number of hydrogen-bond donors (Lipinski definition) is 2. The van der Waals surface area contributed by atoms with Gasteiger partial charge in [0.25, 0.3) is 0 Å². The zero-order valence-electron chi connectivity index (χ0n) is 16.6. The first-order valence-corrected chi connectivity index (χ1v) is 10.7. The summed E-state index contributed by atoms with van der Waals surface area (Å²) in [7, 11) is -3.89. The van der Waals surface area contributed by atoms with Crippen LogP contribution in [0.4, 0.5) is 14.5 Å². The smallest absolute Gasteiger partial charge is 0.338 e. The van der Waals surface area contributed by atoms with Crippen LogP contribution in [0.15, 0.2) is 34.9 Å². The number of rotatable bonds is 7. The van der Waals surface area contributed by atoms with Crippen LogP contribution < -0.4 is 10.5 Å². The summed E-state index contributed by atoms with van der Waals surface area (Å²) in [4.78, 5) is 12.5. The van der Waals surface area contributed by atoms with Crippen molar-refractivity contribution in [1.82, 2.24) is 0 Å². The highest BCUT2D eigenvalue weighted by Gasteiger charge is 2.40. The molecule has 0 spiro atoms. The van der Waals surface area contributed by atoms with E-state index in [9.17, 15) is 22.9 Å². The first kappa shape index (κ1) is 23.2. The Hall–Kier alpha value is -3.13. The minimum Gasteiger partial charge on any atom is -0.463 e. The Labute approximate surface area is 173 Å². The molecule has 0 saturated heterocycles. The molecule has 30 heavy (non-hydrogen) atoms. The SMILES string of the molecule is CCCS(=O)(=O)Nc1ccc(F)c(C2C(C#N)=C(N)OC(C)=C2C(=O)OCC)c1F. The van der Waals surface area contributed by atoms with Crippen molar-refractivity contribution in [1.29, 1.82) is 5.26 Å². The van der Waals surface area contributed by atoms with Gasteiger partial charge >= 0.3 is 5.97 Å². The van der Waals surface area contributed by atoms with Gasteiger partial charge in [-0.05, 0) is 32.4 Å². The van der Waals surface area contributed by atoms with Crippen LogP contribution in [0.2, 0.25) is 0 Å². The van der Waals surface area contributed by atoms with Crippen molar-refractivity contribution in [3.05, 3.63) is 52.1 Å². The number of anilines is 1. The van der Waals surface area contributed by atoms with Crippen LogP contribution in [0.25, 0.3) is 0 Å². The second-order valence-corrected chi connectivity index (χ2v) is 8.20. The van der Waals surface area contributed by atoms with E-state index in [1.165, 1.54) is 13.8 Å². The molecule has 0 aromatic heterocycles. The van der Waals surface area contributed by atoms with Crippen molar-refractivity contribution in [3.63, 3.8) is 0 Å². The number of allylic oxidation sites excluding steroid dienone is 2. The Kier molecular flexibility index (Phi) is 7.04. The Morgan fingerprint density at radius 3 is 2.60 bits per heavy atom. The lowest BCUT2D eigenvalue weighted by Gasteiger charge is -2.27. The van der Waals surface area contributed by atoms with Crippen LogP contribution in [0.3, 0.4) is 0 Å². The quantitative estimate of drug-likeness (QED) is 0.622. The van der Waals surface area contributed by atoms with Gasteiger partial charge in [0.05, 0.1) is 29.5 Å². The van der Waals surface area contributed by atoms with Gasteiger partial charge in [-0.1, -0.05) is 6.92 Å². The Morgan fingerprint density at radius 1 is 1.37 bits per heavy atom. The molecule has 0 saturated carbocycles. The Morgan fingerprint density at radius 2 is 2.03 bits per heavy atom. The summed E-state index contributed by atoms with van der Waals surface area (Å²) < 4.78 is 66.4. The van der Waals surface area contributed by atoms with Crippen LogP contribution in [0, 0.1) is 23.0 Å². The Bertz CT molecular complexity index is 1070. The lowest BCUT2D eigenvalue weighted by atomic mass is 9.82. The maximum Gasteiger partial charge on any atom is 0.338 e. The van der Waals surface area contributed by atoms with E-state index in [1.807, 2.05) is 0 Å². The van der Waals surface area contributed by atoms with Gasteiger partial charge in [-0.15, -0.1) is 0 Å². The van der Waals surface area contributed by atoms with E-state index in [1.54, 1.807) is 13.0 Å². The van der Waals surface area contributed by atoms with E-state index in [4.69, 9.17) is 15.2 Å². The van der Waals surface area contributed by atoms with Crippen molar-refractivity contribution < 1.29 is 31.5 Å². The highest BCUT2D eigenvalue weighted by atomic mass is 32.2. The summed E-state index contributed by atoms with van der Waals surface area (Å²) in [5.41, 5.74) is 3.75. The van der Waals surface area contributed by atoms with Crippen molar-refractivity contribution in [2.45, 2.75) is 33.1 Å². The third kappa shape index (κ3) is 4.54. The summed E-state index contributed by atoms with van der Waals surface area (Å²) in [6, 6.07) is 3.46. The molecule has 0 bridgehead atoms. The number of sulfonamides is 1. The molecule has 11 heteroatoms. The molecule has 2 rings (SSSR count). The maximum atomic E-state index is 15.3. The highest BCUT2D eigenvalue weighted by molar-refractivity contribution is 7.92. The average Bonchev–Trinajstić information content (AvgIpc) is 2.64. The van der Waals surface area contributed by atoms with E-state index in [-0.39, 0.29) is 30.1 Å². The second kappa shape index (κ2) is 9.13. The predicted octanol–water partition coefficient (Wildman–Crippen LogP) is 2.76. The number of halogens is 2. The first-order valence-electron chi connectivity index (χ1n) is 9.01. The fourth-order valence-electron chi connectivity index (χ4n) is 3.04. The number of esters is 1. The zero-order chi connectivity index (χ0) is 22.6. The van der Waals surface area contributed by atoms with Gasteiger partial charge in [0.2, 0.25) is 15.9 Å². The monoisotopic (exact) mass is 441 g/mol. The van der Waals surface area contributed by atoms with Crippen LogP contribution in [-0.2, 0) is 24.3 Å². The van der Waals surface area contributed by atoms with E-state index in [0.29, 0.717) is 0 Å². The van der Waals surface area contributed by atoms with E-state index >= 15 is 4.39 Å². The maximum absolute atomic E-state index is 15.3. The van der Waals surface area contributed by atoms with Gasteiger partial charge in [-0.2, -0.15) is 5.26 Å². The third-order valence-corrected chi connectivity index (χ3v) is 5.73. The molecule has 0 aliphatic carbocycles.